The van der Waals surface area contributed by atoms with Gasteiger partial charge in [0.25, 0.3) is 10.0 Å². The quantitative estimate of drug-likeness (QED) is 0.502. The van der Waals surface area contributed by atoms with Crippen LogP contribution in [0.2, 0.25) is 0 Å². The van der Waals surface area contributed by atoms with E-state index < -0.39 is 10.0 Å². The van der Waals surface area contributed by atoms with Crippen LogP contribution < -0.4 is 18.5 Å². The van der Waals surface area contributed by atoms with Crippen molar-refractivity contribution >= 4 is 27.6 Å². The Balaban J connectivity index is 1.57. The first-order chi connectivity index (χ1) is 15.5. The Bertz CT molecular complexity index is 1230. The monoisotopic (exact) mass is 452 g/mol. The van der Waals surface area contributed by atoms with Crippen LogP contribution in [0, 0.1) is 0 Å². The molecule has 1 aliphatic rings. The van der Waals surface area contributed by atoms with Crippen LogP contribution in [0.3, 0.4) is 0 Å². The van der Waals surface area contributed by atoms with E-state index in [4.69, 9.17) is 14.2 Å². The molecule has 0 spiro atoms. The van der Waals surface area contributed by atoms with E-state index in [9.17, 15) is 8.42 Å². The van der Waals surface area contributed by atoms with Gasteiger partial charge in [-0.05, 0) is 54.4 Å². The predicted molar refractivity (Wildman–Crippen MR) is 124 cm³/mol. The van der Waals surface area contributed by atoms with Crippen LogP contribution in [0.25, 0.3) is 0 Å². The maximum absolute atomic E-state index is 13.1. The average Bonchev–Trinajstić information content (AvgIpc) is 3.27. The zero-order valence-corrected chi connectivity index (χ0v) is 18.9. The van der Waals surface area contributed by atoms with Crippen LogP contribution in [-0.4, -0.2) is 42.5 Å². The molecule has 0 aliphatic carbocycles. The SMILES string of the molecule is COc1cc(C=Nc2ccc(S(=O)(=O)N3CCc4ccccc43)cc2)cc(OC)c1OC. The Morgan fingerprint density at radius 1 is 0.906 bits per heavy atom. The van der Waals surface area contributed by atoms with E-state index in [0.29, 0.717) is 35.9 Å². The van der Waals surface area contributed by atoms with Gasteiger partial charge in [-0.3, -0.25) is 9.30 Å². The van der Waals surface area contributed by atoms with Crippen molar-refractivity contribution in [1.82, 2.24) is 0 Å². The highest BCUT2D eigenvalue weighted by Gasteiger charge is 2.30. The van der Waals surface area contributed by atoms with E-state index in [2.05, 4.69) is 4.99 Å². The molecule has 0 unspecified atom stereocenters. The molecule has 0 N–H and O–H groups in total. The number of aliphatic imine (C=N–C) groups is 1. The second-order valence-electron chi connectivity index (χ2n) is 7.17. The second-order valence-corrected chi connectivity index (χ2v) is 9.03. The molecule has 0 fully saturated rings. The molecule has 0 saturated carbocycles. The molecule has 3 aromatic carbocycles. The van der Waals surface area contributed by atoms with Gasteiger partial charge in [-0.2, -0.15) is 0 Å². The van der Waals surface area contributed by atoms with E-state index in [-0.39, 0.29) is 4.90 Å². The average molecular weight is 453 g/mol. The number of hydrogen-bond acceptors (Lipinski definition) is 6. The van der Waals surface area contributed by atoms with Gasteiger partial charge in [-0.15, -0.1) is 0 Å². The third-order valence-corrected chi connectivity index (χ3v) is 7.15. The number of sulfonamides is 1. The lowest BCUT2D eigenvalue weighted by Crippen LogP contribution is -2.29. The largest absolute Gasteiger partial charge is 0.493 e. The molecule has 8 heteroatoms. The molecular weight excluding hydrogens is 428 g/mol. The van der Waals surface area contributed by atoms with Gasteiger partial charge in [0.15, 0.2) is 11.5 Å². The molecular formula is C24H24N2O5S. The van der Waals surface area contributed by atoms with Gasteiger partial charge >= 0.3 is 0 Å². The van der Waals surface area contributed by atoms with Crippen LogP contribution >= 0.6 is 0 Å². The topological polar surface area (TPSA) is 77.4 Å². The summed E-state index contributed by atoms with van der Waals surface area (Å²) in [6.07, 6.45) is 2.37. The summed E-state index contributed by atoms with van der Waals surface area (Å²) in [4.78, 5) is 4.69. The number of methoxy groups -OCH3 is 3. The van der Waals surface area contributed by atoms with Crippen molar-refractivity contribution in [3.63, 3.8) is 0 Å². The molecule has 32 heavy (non-hydrogen) atoms. The Kier molecular flexibility index (Phi) is 6.05. The van der Waals surface area contributed by atoms with E-state index in [1.807, 2.05) is 24.3 Å². The van der Waals surface area contributed by atoms with Crippen molar-refractivity contribution in [2.24, 2.45) is 4.99 Å². The summed E-state index contributed by atoms with van der Waals surface area (Å²) in [6.45, 7) is 0.447. The standard InChI is InChI=1S/C24H24N2O5S/c1-29-22-14-17(15-23(30-2)24(22)31-3)16-25-19-8-10-20(11-9-19)32(27,28)26-13-12-18-6-4-5-7-21(18)26/h4-11,14-16H,12-13H2,1-3H3. The van der Waals surface area contributed by atoms with Crippen molar-refractivity contribution in [3.8, 4) is 17.2 Å². The normalized spacial score (nSPS) is 13.3. The number of fused-ring (bicyclic) bond motifs is 1. The lowest BCUT2D eigenvalue weighted by Gasteiger charge is -2.19. The van der Waals surface area contributed by atoms with Gasteiger partial charge in [-0.1, -0.05) is 18.2 Å². The highest BCUT2D eigenvalue weighted by Crippen LogP contribution is 2.38. The molecule has 0 bridgehead atoms. The zero-order valence-electron chi connectivity index (χ0n) is 18.1. The molecule has 0 saturated heterocycles. The van der Waals surface area contributed by atoms with Crippen LogP contribution in [0.4, 0.5) is 11.4 Å². The molecule has 3 aromatic rings. The van der Waals surface area contributed by atoms with Crippen LogP contribution in [-0.2, 0) is 16.4 Å². The third kappa shape index (κ3) is 4.01. The van der Waals surface area contributed by atoms with Gasteiger partial charge in [0.1, 0.15) is 0 Å². The Morgan fingerprint density at radius 2 is 1.56 bits per heavy atom. The van der Waals surface area contributed by atoms with E-state index in [1.54, 1.807) is 63.9 Å². The van der Waals surface area contributed by atoms with Crippen LogP contribution in [0.15, 0.2) is 70.6 Å². The third-order valence-electron chi connectivity index (χ3n) is 5.32. The predicted octanol–water partition coefficient (Wildman–Crippen LogP) is 4.21. The molecule has 1 heterocycles. The fraction of sp³-hybridized carbons (Fsp3) is 0.208. The smallest absolute Gasteiger partial charge is 0.264 e. The van der Waals surface area contributed by atoms with E-state index in [1.165, 1.54) is 4.31 Å². The summed E-state index contributed by atoms with van der Waals surface area (Å²) in [5, 5.41) is 0. The Morgan fingerprint density at radius 3 is 2.19 bits per heavy atom. The Hall–Kier alpha value is -3.52. The molecule has 0 atom stereocenters. The zero-order chi connectivity index (χ0) is 22.7. The van der Waals surface area contributed by atoms with Gasteiger partial charge in [0, 0.05) is 18.3 Å². The number of hydrogen-bond donors (Lipinski definition) is 0. The van der Waals surface area contributed by atoms with Gasteiger partial charge in [0.05, 0.1) is 37.6 Å². The number of ether oxygens (including phenoxy) is 3. The maximum atomic E-state index is 13.1. The molecule has 0 amide bonds. The number of para-hydroxylation sites is 1. The van der Waals surface area contributed by atoms with Gasteiger partial charge in [0.2, 0.25) is 5.75 Å². The molecule has 7 nitrogen and oxygen atoms in total. The van der Waals surface area contributed by atoms with E-state index in [0.717, 1.165) is 16.8 Å². The minimum atomic E-state index is -3.63. The Labute approximate surface area is 187 Å². The van der Waals surface area contributed by atoms with Crippen molar-refractivity contribution in [2.75, 3.05) is 32.2 Å². The molecule has 4 rings (SSSR count). The fourth-order valence-corrected chi connectivity index (χ4v) is 5.22. The second kappa shape index (κ2) is 8.92. The first-order valence-electron chi connectivity index (χ1n) is 10.0. The number of nitrogens with zero attached hydrogens (tertiary/aromatic N) is 2. The highest BCUT2D eigenvalue weighted by atomic mass is 32.2. The summed E-state index contributed by atoms with van der Waals surface area (Å²) < 4.78 is 43.8. The molecule has 0 aromatic heterocycles. The van der Waals surface area contributed by atoms with Crippen molar-refractivity contribution < 1.29 is 22.6 Å². The molecule has 1 aliphatic heterocycles. The van der Waals surface area contributed by atoms with Gasteiger partial charge in [-0.25, -0.2) is 8.42 Å². The summed E-state index contributed by atoms with van der Waals surface area (Å²) in [5.41, 5.74) is 3.17. The number of anilines is 1. The summed E-state index contributed by atoms with van der Waals surface area (Å²) >= 11 is 0. The minimum absolute atomic E-state index is 0.237. The lowest BCUT2D eigenvalue weighted by molar-refractivity contribution is 0.324. The molecule has 166 valence electrons. The van der Waals surface area contributed by atoms with Crippen LogP contribution in [0.5, 0.6) is 17.2 Å². The summed E-state index contributed by atoms with van der Waals surface area (Å²) in [6, 6.07) is 17.7. The van der Waals surface area contributed by atoms with Crippen molar-refractivity contribution in [1.29, 1.82) is 0 Å². The number of rotatable bonds is 7. The number of benzene rings is 3. The first-order valence-corrected chi connectivity index (χ1v) is 11.5. The maximum Gasteiger partial charge on any atom is 0.264 e. The summed E-state index contributed by atoms with van der Waals surface area (Å²) in [5.74, 6) is 1.56. The first kappa shape index (κ1) is 21.7. The van der Waals surface area contributed by atoms with Crippen molar-refractivity contribution in [3.05, 3.63) is 71.8 Å². The van der Waals surface area contributed by atoms with Crippen molar-refractivity contribution in [2.45, 2.75) is 11.3 Å². The molecule has 0 radical (unpaired) electrons. The highest BCUT2D eigenvalue weighted by molar-refractivity contribution is 7.92. The van der Waals surface area contributed by atoms with Gasteiger partial charge < -0.3 is 14.2 Å². The minimum Gasteiger partial charge on any atom is -0.493 e. The fourth-order valence-electron chi connectivity index (χ4n) is 3.71. The van der Waals surface area contributed by atoms with E-state index >= 15 is 0 Å². The lowest BCUT2D eigenvalue weighted by atomic mass is 10.2. The van der Waals surface area contributed by atoms with Crippen LogP contribution in [0.1, 0.15) is 11.1 Å². The summed E-state index contributed by atoms with van der Waals surface area (Å²) in [7, 11) is 1.02.